The first-order valence-corrected chi connectivity index (χ1v) is 14.5. The van der Waals surface area contributed by atoms with Gasteiger partial charge in [-0.15, -0.1) is 0 Å². The first-order valence-electron chi connectivity index (χ1n) is 13.1. The number of hydrogen-bond donors (Lipinski definition) is 0. The van der Waals surface area contributed by atoms with E-state index in [1.807, 2.05) is 37.4 Å². The Morgan fingerprint density at radius 1 is 0.974 bits per heavy atom. The summed E-state index contributed by atoms with van der Waals surface area (Å²) in [6.45, 7) is 0.587. The molecule has 1 aromatic heterocycles. The molecule has 1 aliphatic heterocycles. The van der Waals surface area contributed by atoms with Gasteiger partial charge < -0.3 is 4.90 Å². The summed E-state index contributed by atoms with van der Waals surface area (Å²) >= 11 is 0. The van der Waals surface area contributed by atoms with E-state index in [1.165, 1.54) is 26.9 Å². The molecule has 4 aromatic rings. The van der Waals surface area contributed by atoms with E-state index in [0.717, 1.165) is 36.1 Å². The fourth-order valence-electron chi connectivity index (χ4n) is 5.65. The fraction of sp³-hybridized carbons (Fsp3) is 0.267. The molecule has 39 heavy (non-hydrogen) atoms. The van der Waals surface area contributed by atoms with Gasteiger partial charge in [0, 0.05) is 43.5 Å². The molecule has 0 bridgehead atoms. The molecule has 0 saturated heterocycles. The maximum absolute atomic E-state index is 14.6. The van der Waals surface area contributed by atoms with E-state index in [9.17, 15) is 17.6 Å². The van der Waals surface area contributed by atoms with E-state index in [4.69, 9.17) is 5.10 Å². The van der Waals surface area contributed by atoms with Crippen molar-refractivity contribution in [3.05, 3.63) is 112 Å². The van der Waals surface area contributed by atoms with Crippen molar-refractivity contribution in [1.29, 1.82) is 0 Å². The monoisotopic (exact) mass is 544 g/mol. The van der Waals surface area contributed by atoms with Gasteiger partial charge in [-0.25, -0.2) is 12.8 Å². The predicted octanol–water partition coefficient (Wildman–Crippen LogP) is 4.64. The highest BCUT2D eigenvalue weighted by molar-refractivity contribution is 7.89. The Labute approximate surface area is 227 Å². The van der Waals surface area contributed by atoms with Crippen LogP contribution in [0.15, 0.2) is 77.7 Å². The van der Waals surface area contributed by atoms with Crippen molar-refractivity contribution in [3.63, 3.8) is 0 Å². The molecule has 6 rings (SSSR count). The molecular formula is C30H29FN4O3S. The van der Waals surface area contributed by atoms with Crippen LogP contribution in [-0.4, -0.2) is 35.0 Å². The number of sulfonamides is 1. The summed E-state index contributed by atoms with van der Waals surface area (Å²) in [4.78, 5) is 15.4. The SMILES string of the molecule is Cn1nc(CN(C(=O)c2ccccc2F)c2ccccc2)c2c1CCN(S(=O)(=O)c1ccc3c(c1)CCC3)C2. The van der Waals surface area contributed by atoms with Gasteiger partial charge >= 0.3 is 0 Å². The number of para-hydroxylation sites is 1. The predicted molar refractivity (Wildman–Crippen MR) is 146 cm³/mol. The summed E-state index contributed by atoms with van der Waals surface area (Å²) in [6, 6.07) is 20.4. The van der Waals surface area contributed by atoms with E-state index in [1.54, 1.807) is 35.0 Å². The topological polar surface area (TPSA) is 75.5 Å². The first kappa shape index (κ1) is 25.5. The highest BCUT2D eigenvalue weighted by Crippen LogP contribution is 2.31. The van der Waals surface area contributed by atoms with Gasteiger partial charge in [-0.05, 0) is 66.8 Å². The maximum atomic E-state index is 14.6. The Hall–Kier alpha value is -3.82. The molecule has 1 aliphatic carbocycles. The van der Waals surface area contributed by atoms with Crippen molar-refractivity contribution in [3.8, 4) is 0 Å². The van der Waals surface area contributed by atoms with Crippen LogP contribution in [0.4, 0.5) is 10.1 Å². The van der Waals surface area contributed by atoms with E-state index in [0.29, 0.717) is 29.2 Å². The third-order valence-electron chi connectivity index (χ3n) is 7.72. The number of aryl methyl sites for hydroxylation is 3. The van der Waals surface area contributed by atoms with Crippen LogP contribution in [0.5, 0.6) is 0 Å². The van der Waals surface area contributed by atoms with Gasteiger partial charge in [0.25, 0.3) is 5.91 Å². The second-order valence-electron chi connectivity index (χ2n) is 10.1. The van der Waals surface area contributed by atoms with Crippen molar-refractivity contribution in [2.45, 2.75) is 43.7 Å². The number of nitrogens with zero attached hydrogens (tertiary/aromatic N) is 4. The van der Waals surface area contributed by atoms with Crippen molar-refractivity contribution in [1.82, 2.24) is 14.1 Å². The van der Waals surface area contributed by atoms with Gasteiger partial charge in [-0.2, -0.15) is 9.40 Å². The quantitative estimate of drug-likeness (QED) is 0.354. The minimum atomic E-state index is -3.71. The van der Waals surface area contributed by atoms with Crippen LogP contribution in [0.2, 0.25) is 0 Å². The van der Waals surface area contributed by atoms with Crippen molar-refractivity contribution >= 4 is 21.6 Å². The van der Waals surface area contributed by atoms with Gasteiger partial charge in [0.15, 0.2) is 0 Å². The molecular weight excluding hydrogens is 515 g/mol. The zero-order valence-electron chi connectivity index (χ0n) is 21.7. The average molecular weight is 545 g/mol. The normalized spacial score (nSPS) is 15.1. The van der Waals surface area contributed by atoms with E-state index >= 15 is 0 Å². The summed E-state index contributed by atoms with van der Waals surface area (Å²) in [5, 5.41) is 4.70. The van der Waals surface area contributed by atoms with Crippen LogP contribution in [0, 0.1) is 5.82 Å². The van der Waals surface area contributed by atoms with Crippen LogP contribution in [0.3, 0.4) is 0 Å². The molecule has 0 atom stereocenters. The van der Waals surface area contributed by atoms with Crippen LogP contribution in [0.1, 0.15) is 44.9 Å². The number of anilines is 1. The lowest BCUT2D eigenvalue weighted by atomic mass is 10.1. The lowest BCUT2D eigenvalue weighted by Crippen LogP contribution is -2.37. The fourth-order valence-corrected chi connectivity index (χ4v) is 7.11. The van der Waals surface area contributed by atoms with Crippen LogP contribution >= 0.6 is 0 Å². The number of rotatable bonds is 6. The van der Waals surface area contributed by atoms with Crippen LogP contribution < -0.4 is 4.90 Å². The second kappa shape index (κ2) is 10.1. The number of hydrogen-bond acceptors (Lipinski definition) is 4. The van der Waals surface area contributed by atoms with Gasteiger partial charge in [-0.1, -0.05) is 36.4 Å². The van der Waals surface area contributed by atoms with Gasteiger partial charge in [0.1, 0.15) is 5.82 Å². The van der Waals surface area contributed by atoms with E-state index in [-0.39, 0.29) is 18.7 Å². The molecule has 0 saturated carbocycles. The van der Waals surface area contributed by atoms with Crippen molar-refractivity contribution < 1.29 is 17.6 Å². The summed E-state index contributed by atoms with van der Waals surface area (Å²) < 4.78 is 45.2. The summed E-state index contributed by atoms with van der Waals surface area (Å²) in [5.74, 6) is -1.09. The molecule has 2 aliphatic rings. The third-order valence-corrected chi connectivity index (χ3v) is 9.56. The number of halogens is 1. The van der Waals surface area contributed by atoms with Crippen molar-refractivity contribution in [2.75, 3.05) is 11.4 Å². The first-order chi connectivity index (χ1) is 18.8. The van der Waals surface area contributed by atoms with Gasteiger partial charge in [-0.3, -0.25) is 9.48 Å². The maximum Gasteiger partial charge on any atom is 0.261 e. The molecule has 0 radical (unpaired) electrons. The molecule has 2 heterocycles. The van der Waals surface area contributed by atoms with Gasteiger partial charge in [0.2, 0.25) is 10.0 Å². The standard InChI is InChI=1S/C30H29FN4O3S/c1-33-29-16-17-34(39(37,38)24-15-14-21-8-7-9-22(21)18-24)19-26(29)28(32-33)20-35(23-10-3-2-4-11-23)30(36)25-12-5-6-13-27(25)31/h2-6,10-15,18H,7-9,16-17,19-20H2,1H3. The Morgan fingerprint density at radius 3 is 2.51 bits per heavy atom. The summed E-state index contributed by atoms with van der Waals surface area (Å²) in [7, 11) is -1.88. The molecule has 0 N–H and O–H groups in total. The number of amides is 1. The molecule has 9 heteroatoms. The minimum Gasteiger partial charge on any atom is -0.302 e. The lowest BCUT2D eigenvalue weighted by molar-refractivity contribution is 0.0980. The Morgan fingerprint density at radius 2 is 1.72 bits per heavy atom. The van der Waals surface area contributed by atoms with Crippen LogP contribution in [-0.2, 0) is 49.4 Å². The Bertz CT molecular complexity index is 1670. The molecule has 0 unspecified atom stereocenters. The smallest absolute Gasteiger partial charge is 0.261 e. The van der Waals surface area contributed by atoms with Gasteiger partial charge in [0.05, 0.1) is 22.7 Å². The Kier molecular flexibility index (Phi) is 6.56. The number of carbonyl (C=O) groups is 1. The van der Waals surface area contributed by atoms with Crippen molar-refractivity contribution in [2.24, 2.45) is 7.05 Å². The van der Waals surface area contributed by atoms with E-state index in [2.05, 4.69) is 0 Å². The largest absolute Gasteiger partial charge is 0.302 e. The molecule has 0 fully saturated rings. The Balaban J connectivity index is 1.34. The highest BCUT2D eigenvalue weighted by atomic mass is 32.2. The summed E-state index contributed by atoms with van der Waals surface area (Å²) in [6.07, 6.45) is 3.45. The van der Waals surface area contributed by atoms with Crippen LogP contribution in [0.25, 0.3) is 0 Å². The average Bonchev–Trinajstić information content (AvgIpc) is 3.55. The summed E-state index contributed by atoms with van der Waals surface area (Å²) in [5.41, 5.74) is 5.23. The molecule has 0 spiro atoms. The number of benzene rings is 3. The zero-order valence-corrected chi connectivity index (χ0v) is 22.5. The number of aromatic nitrogens is 2. The molecule has 7 nitrogen and oxygen atoms in total. The number of fused-ring (bicyclic) bond motifs is 2. The molecule has 1 amide bonds. The zero-order chi connectivity index (χ0) is 27.1. The van der Waals surface area contributed by atoms with E-state index < -0.39 is 21.7 Å². The molecule has 3 aromatic carbocycles. The number of carbonyl (C=O) groups excluding carboxylic acids is 1. The molecule has 200 valence electrons. The lowest BCUT2D eigenvalue weighted by Gasteiger charge is -2.28. The third kappa shape index (κ3) is 4.66. The second-order valence-corrected chi connectivity index (χ2v) is 12.0. The highest BCUT2D eigenvalue weighted by Gasteiger charge is 2.33. The minimum absolute atomic E-state index is 0.0352.